The number of hydrogen-bond donors (Lipinski definition) is 2. The normalized spacial score (nSPS) is 12.9. The lowest BCUT2D eigenvalue weighted by Gasteiger charge is -2.16. The second-order valence-electron chi connectivity index (χ2n) is 4.07. The summed E-state index contributed by atoms with van der Waals surface area (Å²) in [5.74, 6) is 4.89. The number of nitrogens with one attached hydrogen (secondary N) is 1. The van der Waals surface area contributed by atoms with Crippen molar-refractivity contribution in [2.75, 3.05) is 13.2 Å². The Morgan fingerprint density at radius 3 is 2.68 bits per heavy atom. The maximum atomic E-state index is 13.0. The van der Waals surface area contributed by atoms with E-state index in [9.17, 15) is 13.2 Å². The summed E-state index contributed by atoms with van der Waals surface area (Å²) in [6.45, 7) is -0.409. The molecule has 19 heavy (non-hydrogen) atoms. The fraction of sp³-hybridized carbons (Fsp3) is 0.500. The highest BCUT2D eigenvalue weighted by Gasteiger charge is 2.10. The third-order valence-electron chi connectivity index (χ3n) is 2.56. The van der Waals surface area contributed by atoms with E-state index in [-0.39, 0.29) is 17.7 Å². The van der Waals surface area contributed by atoms with Gasteiger partial charge >= 0.3 is 0 Å². The highest BCUT2D eigenvalue weighted by molar-refractivity contribution is 6.30. The largest absolute Gasteiger partial charge is 0.375 e. The van der Waals surface area contributed by atoms with Crippen LogP contribution in [0, 0.1) is 5.82 Å². The first kappa shape index (κ1) is 16.2. The summed E-state index contributed by atoms with van der Waals surface area (Å²) in [5, 5.41) is 0.0437. The topological polar surface area (TPSA) is 47.3 Å². The number of alkyl halides is 2. The first-order chi connectivity index (χ1) is 9.02. The SMILES string of the molecule is NNC(CCOCC(F)F)Cc1ccc(F)c(Cl)c1. The second kappa shape index (κ2) is 8.37. The van der Waals surface area contributed by atoms with Crippen LogP contribution < -0.4 is 11.3 Å². The fourth-order valence-electron chi connectivity index (χ4n) is 1.59. The minimum absolute atomic E-state index is 0.0437. The van der Waals surface area contributed by atoms with Gasteiger partial charge in [0.05, 0.1) is 5.02 Å². The molecule has 0 heterocycles. The number of hydrogen-bond acceptors (Lipinski definition) is 3. The monoisotopic (exact) mass is 296 g/mol. The summed E-state index contributed by atoms with van der Waals surface area (Å²) >= 11 is 5.67. The minimum Gasteiger partial charge on any atom is -0.375 e. The molecule has 0 aliphatic carbocycles. The number of hydrazine groups is 1. The molecule has 0 aliphatic rings. The average Bonchev–Trinajstić information content (AvgIpc) is 2.37. The molecule has 0 amide bonds. The maximum absolute atomic E-state index is 13.0. The number of benzene rings is 1. The Labute approximate surface area is 114 Å². The molecule has 0 saturated carbocycles. The molecule has 3 N–H and O–H groups in total. The molecule has 7 heteroatoms. The van der Waals surface area contributed by atoms with Gasteiger partial charge in [-0.15, -0.1) is 0 Å². The third-order valence-corrected chi connectivity index (χ3v) is 2.85. The quantitative estimate of drug-likeness (QED) is 0.440. The van der Waals surface area contributed by atoms with Gasteiger partial charge in [0.15, 0.2) is 0 Å². The van der Waals surface area contributed by atoms with Crippen molar-refractivity contribution in [3.63, 3.8) is 0 Å². The van der Waals surface area contributed by atoms with Crippen LogP contribution in [0.2, 0.25) is 5.02 Å². The first-order valence-electron chi connectivity index (χ1n) is 5.79. The number of nitrogens with two attached hydrogens (primary N) is 1. The van der Waals surface area contributed by atoms with E-state index in [1.54, 1.807) is 6.07 Å². The molecule has 3 nitrogen and oxygen atoms in total. The van der Waals surface area contributed by atoms with Crippen LogP contribution in [0.1, 0.15) is 12.0 Å². The van der Waals surface area contributed by atoms with Gasteiger partial charge in [-0.3, -0.25) is 11.3 Å². The van der Waals surface area contributed by atoms with E-state index in [2.05, 4.69) is 5.43 Å². The molecular formula is C12H16ClF3N2O. The van der Waals surface area contributed by atoms with Crippen LogP contribution in [-0.4, -0.2) is 25.7 Å². The average molecular weight is 297 g/mol. The van der Waals surface area contributed by atoms with Crippen molar-refractivity contribution in [3.8, 4) is 0 Å². The third kappa shape index (κ3) is 6.24. The predicted octanol–water partition coefficient (Wildman–Crippen LogP) is 2.53. The van der Waals surface area contributed by atoms with Gasteiger partial charge in [-0.2, -0.15) is 0 Å². The summed E-state index contributed by atoms with van der Waals surface area (Å²) in [6, 6.07) is 4.24. The van der Waals surface area contributed by atoms with Gasteiger partial charge in [0.1, 0.15) is 12.4 Å². The summed E-state index contributed by atoms with van der Waals surface area (Å²) in [7, 11) is 0. The Morgan fingerprint density at radius 2 is 2.11 bits per heavy atom. The molecule has 108 valence electrons. The van der Waals surface area contributed by atoms with Crippen molar-refractivity contribution in [1.82, 2.24) is 5.43 Å². The highest BCUT2D eigenvalue weighted by atomic mass is 35.5. The minimum atomic E-state index is -2.47. The summed E-state index contributed by atoms with van der Waals surface area (Å²) < 4.78 is 41.5. The zero-order valence-electron chi connectivity index (χ0n) is 10.2. The van der Waals surface area contributed by atoms with Crippen molar-refractivity contribution in [2.45, 2.75) is 25.3 Å². The van der Waals surface area contributed by atoms with Gasteiger partial charge in [0.25, 0.3) is 6.43 Å². The van der Waals surface area contributed by atoms with Crippen molar-refractivity contribution >= 4 is 11.6 Å². The molecule has 0 aliphatic heterocycles. The highest BCUT2D eigenvalue weighted by Crippen LogP contribution is 2.17. The lowest BCUT2D eigenvalue weighted by Crippen LogP contribution is -2.37. The zero-order valence-corrected chi connectivity index (χ0v) is 11.0. The predicted molar refractivity (Wildman–Crippen MR) is 67.7 cm³/mol. The molecule has 0 saturated heterocycles. The standard InChI is InChI=1S/C12H16ClF3N2O/c13-10-6-8(1-2-11(10)14)5-9(18-17)3-4-19-7-12(15)16/h1-2,6,9,12,18H,3-5,7,17H2. The molecule has 0 bridgehead atoms. The zero-order chi connectivity index (χ0) is 14.3. The van der Waals surface area contributed by atoms with Gasteiger partial charge in [0.2, 0.25) is 0 Å². The fourth-order valence-corrected chi connectivity index (χ4v) is 1.80. The van der Waals surface area contributed by atoms with Crippen LogP contribution in [0.4, 0.5) is 13.2 Å². The van der Waals surface area contributed by atoms with E-state index in [1.807, 2.05) is 0 Å². The molecule has 1 atom stereocenters. The van der Waals surface area contributed by atoms with Gasteiger partial charge < -0.3 is 4.74 Å². The van der Waals surface area contributed by atoms with Crippen LogP contribution in [0.15, 0.2) is 18.2 Å². The van der Waals surface area contributed by atoms with E-state index < -0.39 is 18.8 Å². The molecule has 0 fully saturated rings. The Balaban J connectivity index is 2.40. The maximum Gasteiger partial charge on any atom is 0.261 e. The van der Waals surface area contributed by atoms with Crippen molar-refractivity contribution in [2.24, 2.45) is 5.84 Å². The molecule has 0 spiro atoms. The number of halogens is 4. The van der Waals surface area contributed by atoms with Crippen LogP contribution in [0.5, 0.6) is 0 Å². The van der Waals surface area contributed by atoms with Crippen LogP contribution in [-0.2, 0) is 11.2 Å². The van der Waals surface area contributed by atoms with Crippen LogP contribution in [0.25, 0.3) is 0 Å². The van der Waals surface area contributed by atoms with Gasteiger partial charge in [-0.05, 0) is 30.5 Å². The van der Waals surface area contributed by atoms with Crippen molar-refractivity contribution in [1.29, 1.82) is 0 Å². The Kier molecular flexibility index (Phi) is 7.15. The van der Waals surface area contributed by atoms with Crippen molar-refractivity contribution in [3.05, 3.63) is 34.6 Å². The Hall–Kier alpha value is -0.820. The van der Waals surface area contributed by atoms with E-state index in [1.165, 1.54) is 12.1 Å². The molecular weight excluding hydrogens is 281 g/mol. The van der Waals surface area contributed by atoms with E-state index in [0.717, 1.165) is 5.56 Å². The summed E-state index contributed by atoms with van der Waals surface area (Å²) in [6.07, 6.45) is -1.49. The summed E-state index contributed by atoms with van der Waals surface area (Å²) in [5.41, 5.74) is 3.38. The molecule has 1 unspecified atom stereocenters. The molecule has 1 rings (SSSR count). The number of ether oxygens (including phenoxy) is 1. The smallest absolute Gasteiger partial charge is 0.261 e. The Morgan fingerprint density at radius 1 is 1.37 bits per heavy atom. The molecule has 0 aromatic heterocycles. The molecule has 1 aromatic rings. The second-order valence-corrected chi connectivity index (χ2v) is 4.48. The van der Waals surface area contributed by atoms with E-state index >= 15 is 0 Å². The van der Waals surface area contributed by atoms with Gasteiger partial charge in [-0.25, -0.2) is 13.2 Å². The van der Waals surface area contributed by atoms with Gasteiger partial charge in [-0.1, -0.05) is 17.7 Å². The van der Waals surface area contributed by atoms with Crippen LogP contribution in [0.3, 0.4) is 0 Å². The number of rotatable bonds is 8. The van der Waals surface area contributed by atoms with Gasteiger partial charge in [0, 0.05) is 12.6 Å². The molecule has 1 aromatic carbocycles. The van der Waals surface area contributed by atoms with E-state index in [4.69, 9.17) is 22.2 Å². The van der Waals surface area contributed by atoms with Crippen molar-refractivity contribution < 1.29 is 17.9 Å². The first-order valence-corrected chi connectivity index (χ1v) is 6.16. The lowest BCUT2D eigenvalue weighted by atomic mass is 10.0. The van der Waals surface area contributed by atoms with E-state index in [0.29, 0.717) is 12.8 Å². The van der Waals surface area contributed by atoms with Crippen LogP contribution >= 0.6 is 11.6 Å². The molecule has 0 radical (unpaired) electrons. The summed E-state index contributed by atoms with van der Waals surface area (Å²) in [4.78, 5) is 0. The lowest BCUT2D eigenvalue weighted by molar-refractivity contribution is 0.0144. The Bertz CT molecular complexity index is 393.